The maximum Gasteiger partial charge on any atom is 0.435 e. The Morgan fingerprint density at radius 2 is 2.03 bits per heavy atom. The fourth-order valence-electron chi connectivity index (χ4n) is 4.12. The largest absolute Gasteiger partial charge is 0.435 e. The van der Waals surface area contributed by atoms with Gasteiger partial charge in [-0.2, -0.15) is 23.3 Å². The molecule has 2 aliphatic heterocycles. The van der Waals surface area contributed by atoms with Crippen molar-refractivity contribution in [3.63, 3.8) is 0 Å². The average Bonchev–Trinajstić information content (AvgIpc) is 3.21. The van der Waals surface area contributed by atoms with Crippen LogP contribution in [0.5, 0.6) is 11.8 Å². The molecule has 1 amide bonds. The van der Waals surface area contributed by atoms with E-state index in [1.165, 1.54) is 7.05 Å². The van der Waals surface area contributed by atoms with Gasteiger partial charge in [-0.1, -0.05) is 6.07 Å². The molecule has 13 heteroatoms. The van der Waals surface area contributed by atoms with Gasteiger partial charge in [-0.15, -0.1) is 0 Å². The Balaban J connectivity index is 1.29. The third kappa shape index (κ3) is 4.21. The predicted molar refractivity (Wildman–Crippen MR) is 120 cm³/mol. The van der Waals surface area contributed by atoms with Crippen LogP contribution in [0.1, 0.15) is 30.3 Å². The topological polar surface area (TPSA) is 101 Å². The number of rotatable bonds is 5. The van der Waals surface area contributed by atoms with Crippen molar-refractivity contribution in [2.45, 2.75) is 38.5 Å². The van der Waals surface area contributed by atoms with Crippen LogP contribution in [0.3, 0.4) is 0 Å². The minimum atomic E-state index is -4.56. The molecule has 0 aromatic carbocycles. The molecule has 0 aliphatic carbocycles. The molecule has 0 spiro atoms. The third-order valence-corrected chi connectivity index (χ3v) is 6.13. The summed E-state index contributed by atoms with van der Waals surface area (Å²) in [5.41, 5.74) is 1.39. The number of aryl methyl sites for hydroxylation is 2. The first-order valence-corrected chi connectivity index (χ1v) is 11.0. The molecule has 5 heterocycles. The molecule has 1 N–H and O–H groups in total. The Morgan fingerprint density at radius 3 is 2.71 bits per heavy atom. The molecule has 0 saturated heterocycles. The van der Waals surface area contributed by atoms with Crippen molar-refractivity contribution in [3.8, 4) is 11.8 Å². The van der Waals surface area contributed by atoms with Gasteiger partial charge in [0.25, 0.3) is 0 Å². The monoisotopic (exact) mass is 488 g/mol. The minimum Gasteiger partial charge on any atom is -0.421 e. The number of anilines is 3. The standard InChI is InChI=1S/C22H23F3N8O2/c1-12-20(34)33-8-4-5-14-18(33)19(31(12)2)29-21(28-14)27-11-13-6-7-16(26-10-13)35-17-9-15(22(23,24)25)30-32(17)3/h6-7,9-10,12H,4-5,8,11H2,1-3H3,(H,27,28,29). The summed E-state index contributed by atoms with van der Waals surface area (Å²) in [4.78, 5) is 29.8. The van der Waals surface area contributed by atoms with E-state index in [1.54, 1.807) is 23.2 Å². The number of likely N-dealkylation sites (N-methyl/N-ethyl adjacent to an activating group) is 1. The summed E-state index contributed by atoms with van der Waals surface area (Å²) in [7, 11) is 3.21. The van der Waals surface area contributed by atoms with Crippen LogP contribution in [0.2, 0.25) is 0 Å². The number of ether oxygens (including phenoxy) is 1. The second-order valence-corrected chi connectivity index (χ2v) is 8.50. The van der Waals surface area contributed by atoms with Gasteiger partial charge >= 0.3 is 6.18 Å². The number of alkyl halides is 3. The Labute approximate surface area is 198 Å². The van der Waals surface area contributed by atoms with E-state index in [0.717, 1.165) is 46.4 Å². The van der Waals surface area contributed by atoms with E-state index in [1.807, 2.05) is 18.9 Å². The zero-order valence-electron chi connectivity index (χ0n) is 19.3. The summed E-state index contributed by atoms with van der Waals surface area (Å²) in [6.45, 7) is 2.90. The van der Waals surface area contributed by atoms with E-state index in [9.17, 15) is 18.0 Å². The van der Waals surface area contributed by atoms with Crippen LogP contribution in [0.4, 0.5) is 30.6 Å². The van der Waals surface area contributed by atoms with Crippen molar-refractivity contribution in [3.05, 3.63) is 41.3 Å². The Morgan fingerprint density at radius 1 is 1.23 bits per heavy atom. The van der Waals surface area contributed by atoms with Gasteiger partial charge in [0.2, 0.25) is 23.6 Å². The van der Waals surface area contributed by atoms with Gasteiger partial charge in [0.1, 0.15) is 11.7 Å². The summed E-state index contributed by atoms with van der Waals surface area (Å²) in [6, 6.07) is 3.82. The lowest BCUT2D eigenvalue weighted by Crippen LogP contribution is -2.53. The molecule has 1 atom stereocenters. The second kappa shape index (κ2) is 8.40. The van der Waals surface area contributed by atoms with Gasteiger partial charge < -0.3 is 19.9 Å². The highest BCUT2D eigenvalue weighted by atomic mass is 19.4. The van der Waals surface area contributed by atoms with Crippen LogP contribution in [0.25, 0.3) is 0 Å². The van der Waals surface area contributed by atoms with Crippen molar-refractivity contribution in [2.75, 3.05) is 28.7 Å². The highest BCUT2D eigenvalue weighted by molar-refractivity contribution is 6.05. The number of pyridine rings is 1. The maximum atomic E-state index is 12.8. The summed E-state index contributed by atoms with van der Waals surface area (Å²) in [5.74, 6) is 1.29. The maximum absolute atomic E-state index is 12.8. The van der Waals surface area contributed by atoms with E-state index in [-0.39, 0.29) is 23.7 Å². The van der Waals surface area contributed by atoms with E-state index in [4.69, 9.17) is 4.74 Å². The van der Waals surface area contributed by atoms with Gasteiger partial charge in [0, 0.05) is 45.5 Å². The first-order chi connectivity index (χ1) is 16.6. The van der Waals surface area contributed by atoms with Crippen LogP contribution in [-0.4, -0.2) is 50.3 Å². The van der Waals surface area contributed by atoms with E-state index in [2.05, 4.69) is 25.4 Å². The molecule has 0 radical (unpaired) electrons. The number of aromatic nitrogens is 5. The molecule has 0 saturated carbocycles. The van der Waals surface area contributed by atoms with Crippen LogP contribution in [-0.2, 0) is 31.0 Å². The molecule has 10 nitrogen and oxygen atoms in total. The molecule has 1 unspecified atom stereocenters. The fraction of sp³-hybridized carbons (Fsp3) is 0.409. The zero-order chi connectivity index (χ0) is 24.9. The van der Waals surface area contributed by atoms with Crippen LogP contribution in [0, 0.1) is 0 Å². The van der Waals surface area contributed by atoms with E-state index >= 15 is 0 Å². The van der Waals surface area contributed by atoms with Gasteiger partial charge in [-0.3, -0.25) is 4.79 Å². The number of hydrogen-bond donors (Lipinski definition) is 1. The molecule has 35 heavy (non-hydrogen) atoms. The Hall–Kier alpha value is -3.90. The average molecular weight is 488 g/mol. The molecule has 2 aliphatic rings. The predicted octanol–water partition coefficient (Wildman–Crippen LogP) is 3.15. The quantitative estimate of drug-likeness (QED) is 0.585. The lowest BCUT2D eigenvalue weighted by Gasteiger charge is -2.41. The van der Waals surface area contributed by atoms with E-state index < -0.39 is 11.9 Å². The Kier molecular flexibility index (Phi) is 5.49. The van der Waals surface area contributed by atoms with Crippen LogP contribution < -0.4 is 19.9 Å². The first kappa shape index (κ1) is 22.9. The highest BCUT2D eigenvalue weighted by Crippen LogP contribution is 2.39. The van der Waals surface area contributed by atoms with Crippen molar-refractivity contribution < 1.29 is 22.7 Å². The summed E-state index contributed by atoms with van der Waals surface area (Å²) >= 11 is 0. The SMILES string of the molecule is CC1C(=O)N2CCCc3nc(NCc4ccc(Oc5cc(C(F)(F)F)nn5C)nc4)nc(c32)N1C. The molecular weight excluding hydrogens is 465 g/mol. The lowest BCUT2D eigenvalue weighted by atomic mass is 10.0. The molecule has 184 valence electrons. The fourth-order valence-corrected chi connectivity index (χ4v) is 4.12. The zero-order valence-corrected chi connectivity index (χ0v) is 19.3. The van der Waals surface area contributed by atoms with Crippen LogP contribution in [0.15, 0.2) is 24.4 Å². The molecule has 3 aromatic heterocycles. The van der Waals surface area contributed by atoms with Crippen molar-refractivity contribution in [1.29, 1.82) is 0 Å². The summed E-state index contributed by atoms with van der Waals surface area (Å²) in [5, 5.41) is 6.61. The number of amides is 1. The number of carbonyl (C=O) groups is 1. The highest BCUT2D eigenvalue weighted by Gasteiger charge is 2.39. The minimum absolute atomic E-state index is 0.0550. The second-order valence-electron chi connectivity index (χ2n) is 8.50. The smallest absolute Gasteiger partial charge is 0.421 e. The van der Waals surface area contributed by atoms with Crippen molar-refractivity contribution >= 4 is 23.4 Å². The lowest BCUT2D eigenvalue weighted by molar-refractivity contribution is -0.141. The molecule has 3 aromatic rings. The van der Waals surface area contributed by atoms with Gasteiger partial charge in [0.15, 0.2) is 11.5 Å². The summed E-state index contributed by atoms with van der Waals surface area (Å²) in [6.07, 6.45) is -1.39. The van der Waals surface area contributed by atoms with Crippen molar-refractivity contribution in [1.82, 2.24) is 24.7 Å². The first-order valence-electron chi connectivity index (χ1n) is 11.0. The number of hydrogen-bond acceptors (Lipinski definition) is 8. The molecule has 0 fully saturated rings. The van der Waals surface area contributed by atoms with Crippen molar-refractivity contribution in [2.24, 2.45) is 7.05 Å². The van der Waals surface area contributed by atoms with Gasteiger partial charge in [-0.05, 0) is 25.3 Å². The molecular formula is C22H23F3N8O2. The van der Waals surface area contributed by atoms with E-state index in [0.29, 0.717) is 19.0 Å². The number of nitrogens with zero attached hydrogens (tertiary/aromatic N) is 7. The third-order valence-electron chi connectivity index (χ3n) is 6.13. The van der Waals surface area contributed by atoms with Crippen LogP contribution >= 0.6 is 0 Å². The van der Waals surface area contributed by atoms with Gasteiger partial charge in [-0.25, -0.2) is 14.6 Å². The Bertz CT molecular complexity index is 1270. The number of nitrogens with one attached hydrogen (secondary N) is 1. The molecule has 5 rings (SSSR count). The van der Waals surface area contributed by atoms with Gasteiger partial charge in [0.05, 0.1) is 5.69 Å². The normalized spacial score (nSPS) is 17.4. The number of carbonyl (C=O) groups excluding carboxylic acids is 1. The number of halogens is 3. The molecule has 0 bridgehead atoms. The summed E-state index contributed by atoms with van der Waals surface area (Å²) < 4.78 is 45.0.